The van der Waals surface area contributed by atoms with Gasteiger partial charge >= 0.3 is 6.18 Å². The van der Waals surface area contributed by atoms with Crippen LogP contribution in [0.15, 0.2) is 54.7 Å². The van der Waals surface area contributed by atoms with Gasteiger partial charge in [-0.25, -0.2) is 4.68 Å². The average molecular weight is 430 g/mol. The van der Waals surface area contributed by atoms with Crippen molar-refractivity contribution in [2.24, 2.45) is 0 Å². The number of hydrogen-bond donors (Lipinski definition) is 2. The van der Waals surface area contributed by atoms with Gasteiger partial charge in [0.2, 0.25) is 5.91 Å². The van der Waals surface area contributed by atoms with Crippen LogP contribution in [0, 0.1) is 0 Å². The molecule has 2 amide bonds. The number of fused-ring (bicyclic) bond motifs is 1. The van der Waals surface area contributed by atoms with Crippen molar-refractivity contribution in [2.45, 2.75) is 18.6 Å². The topological polar surface area (TPSA) is 85.2 Å². The molecule has 0 bridgehead atoms. The summed E-state index contributed by atoms with van der Waals surface area (Å²) in [7, 11) is 1.56. The van der Waals surface area contributed by atoms with Crippen molar-refractivity contribution >= 4 is 23.3 Å². The van der Waals surface area contributed by atoms with Crippen molar-refractivity contribution in [1.29, 1.82) is 0 Å². The van der Waals surface area contributed by atoms with E-state index < -0.39 is 29.6 Å². The van der Waals surface area contributed by atoms with Crippen LogP contribution in [0.1, 0.15) is 18.0 Å². The van der Waals surface area contributed by atoms with Gasteiger partial charge in [0, 0.05) is 11.3 Å². The molecule has 1 unspecified atom stereocenters. The highest BCUT2D eigenvalue weighted by Crippen LogP contribution is 2.36. The van der Waals surface area contributed by atoms with Crippen LogP contribution in [0.2, 0.25) is 0 Å². The molecule has 1 aliphatic heterocycles. The molecule has 0 aliphatic carbocycles. The summed E-state index contributed by atoms with van der Waals surface area (Å²) in [5.41, 5.74) is 0.605. The van der Waals surface area contributed by atoms with Crippen molar-refractivity contribution in [3.05, 3.63) is 60.3 Å². The standard InChI is InChI=1S/C21H17F3N4O3/c1-31-15-7-5-12(6-8-15)16-11-25-28-17(20(30)27-19(16)28)10-18(29)26-14-4-2-3-13(9-14)21(22,23)24/h2-9,11,17H,10H2,1H3,(H,26,29)(H,27,30). The zero-order valence-corrected chi connectivity index (χ0v) is 16.2. The Bertz CT molecular complexity index is 1140. The van der Waals surface area contributed by atoms with E-state index >= 15 is 0 Å². The van der Waals surface area contributed by atoms with Gasteiger partial charge in [-0.15, -0.1) is 0 Å². The zero-order chi connectivity index (χ0) is 22.2. The summed E-state index contributed by atoms with van der Waals surface area (Å²) < 4.78 is 45.1. The van der Waals surface area contributed by atoms with Gasteiger partial charge in [-0.1, -0.05) is 18.2 Å². The molecule has 0 radical (unpaired) electrons. The van der Waals surface area contributed by atoms with Crippen LogP contribution in [0.4, 0.5) is 24.7 Å². The second-order valence-electron chi connectivity index (χ2n) is 6.92. The Morgan fingerprint density at radius 3 is 2.65 bits per heavy atom. The van der Waals surface area contributed by atoms with Crippen LogP contribution in [-0.2, 0) is 15.8 Å². The number of carbonyl (C=O) groups is 2. The molecule has 0 spiro atoms. The Morgan fingerprint density at radius 2 is 1.97 bits per heavy atom. The third-order valence-corrected chi connectivity index (χ3v) is 4.89. The fraction of sp³-hybridized carbons (Fsp3) is 0.190. The Hall–Kier alpha value is -3.82. The van der Waals surface area contributed by atoms with Crippen LogP contribution in [0.3, 0.4) is 0 Å². The third kappa shape index (κ3) is 4.09. The Morgan fingerprint density at radius 1 is 1.23 bits per heavy atom. The van der Waals surface area contributed by atoms with Crippen LogP contribution in [-0.4, -0.2) is 28.7 Å². The number of anilines is 2. The summed E-state index contributed by atoms with van der Waals surface area (Å²) in [6, 6.07) is 10.6. The molecule has 0 fully saturated rings. The molecule has 4 rings (SSSR count). The maximum absolute atomic E-state index is 12.8. The maximum atomic E-state index is 12.8. The lowest BCUT2D eigenvalue weighted by atomic mass is 10.1. The number of carbonyl (C=O) groups excluding carboxylic acids is 2. The predicted octanol–water partition coefficient (Wildman–Crippen LogP) is 4.10. The van der Waals surface area contributed by atoms with Gasteiger partial charge < -0.3 is 15.4 Å². The summed E-state index contributed by atoms with van der Waals surface area (Å²) in [5.74, 6) is 0.110. The van der Waals surface area contributed by atoms with E-state index in [1.165, 1.54) is 16.8 Å². The minimum atomic E-state index is -4.52. The highest BCUT2D eigenvalue weighted by atomic mass is 19.4. The van der Waals surface area contributed by atoms with Crippen LogP contribution in [0.5, 0.6) is 5.75 Å². The number of nitrogens with one attached hydrogen (secondary N) is 2. The van der Waals surface area contributed by atoms with E-state index in [1.54, 1.807) is 25.4 Å². The van der Waals surface area contributed by atoms with E-state index in [-0.39, 0.29) is 12.1 Å². The second kappa shape index (κ2) is 7.78. The second-order valence-corrected chi connectivity index (χ2v) is 6.92. The van der Waals surface area contributed by atoms with Crippen LogP contribution in [0.25, 0.3) is 11.1 Å². The molecule has 31 heavy (non-hydrogen) atoms. The maximum Gasteiger partial charge on any atom is 0.416 e. The molecule has 160 valence electrons. The molecule has 2 aromatic carbocycles. The number of rotatable bonds is 5. The minimum Gasteiger partial charge on any atom is -0.497 e. The number of ether oxygens (including phenoxy) is 1. The van der Waals surface area contributed by atoms with Gasteiger partial charge in [0.15, 0.2) is 0 Å². The van der Waals surface area contributed by atoms with Crippen molar-refractivity contribution < 1.29 is 27.5 Å². The fourth-order valence-corrected chi connectivity index (χ4v) is 3.36. The Balaban J connectivity index is 1.50. The highest BCUT2D eigenvalue weighted by Gasteiger charge is 2.35. The number of methoxy groups -OCH3 is 1. The Kier molecular flexibility index (Phi) is 5.14. The molecule has 7 nitrogen and oxygen atoms in total. The normalized spacial score (nSPS) is 15.4. The van der Waals surface area contributed by atoms with Gasteiger partial charge in [-0.2, -0.15) is 18.3 Å². The van der Waals surface area contributed by atoms with Gasteiger partial charge in [-0.3, -0.25) is 9.59 Å². The van der Waals surface area contributed by atoms with E-state index in [2.05, 4.69) is 15.7 Å². The monoisotopic (exact) mass is 430 g/mol. The minimum absolute atomic E-state index is 0.00200. The molecular formula is C21H17F3N4O3. The van der Waals surface area contributed by atoms with E-state index in [1.807, 2.05) is 12.1 Å². The van der Waals surface area contributed by atoms with E-state index in [0.29, 0.717) is 17.1 Å². The first-order valence-corrected chi connectivity index (χ1v) is 9.26. The van der Waals surface area contributed by atoms with Crippen molar-refractivity contribution in [2.75, 3.05) is 17.7 Å². The number of aromatic nitrogens is 2. The number of hydrogen-bond acceptors (Lipinski definition) is 4. The molecule has 2 N–H and O–H groups in total. The van der Waals surface area contributed by atoms with E-state index in [9.17, 15) is 22.8 Å². The summed E-state index contributed by atoms with van der Waals surface area (Å²) in [6.45, 7) is 0. The first-order valence-electron chi connectivity index (χ1n) is 9.26. The predicted molar refractivity (Wildman–Crippen MR) is 107 cm³/mol. The quantitative estimate of drug-likeness (QED) is 0.638. The van der Waals surface area contributed by atoms with E-state index in [0.717, 1.165) is 17.7 Å². The number of amides is 2. The molecule has 2 heterocycles. The molecule has 1 aliphatic rings. The first-order chi connectivity index (χ1) is 14.8. The lowest BCUT2D eigenvalue weighted by Crippen LogP contribution is -2.23. The van der Waals surface area contributed by atoms with Crippen LogP contribution >= 0.6 is 0 Å². The van der Waals surface area contributed by atoms with Gasteiger partial charge in [0.05, 0.1) is 25.3 Å². The summed E-state index contributed by atoms with van der Waals surface area (Å²) >= 11 is 0. The zero-order valence-electron chi connectivity index (χ0n) is 16.2. The average Bonchev–Trinajstić information content (AvgIpc) is 3.27. The number of halogens is 3. The Labute approximate surface area is 174 Å². The van der Waals surface area contributed by atoms with Gasteiger partial charge in [0.25, 0.3) is 5.91 Å². The molecular weight excluding hydrogens is 413 g/mol. The van der Waals surface area contributed by atoms with Crippen molar-refractivity contribution in [3.8, 4) is 16.9 Å². The van der Waals surface area contributed by atoms with Crippen LogP contribution < -0.4 is 15.4 Å². The van der Waals surface area contributed by atoms with Gasteiger partial charge in [-0.05, 0) is 35.9 Å². The molecule has 3 aromatic rings. The third-order valence-electron chi connectivity index (χ3n) is 4.89. The smallest absolute Gasteiger partial charge is 0.416 e. The van der Waals surface area contributed by atoms with Crippen molar-refractivity contribution in [1.82, 2.24) is 9.78 Å². The summed E-state index contributed by atoms with van der Waals surface area (Å²) in [5, 5.41) is 9.36. The molecule has 0 saturated heterocycles. The highest BCUT2D eigenvalue weighted by molar-refractivity contribution is 6.04. The largest absolute Gasteiger partial charge is 0.497 e. The summed E-state index contributed by atoms with van der Waals surface area (Å²) in [4.78, 5) is 24.8. The van der Waals surface area contributed by atoms with E-state index in [4.69, 9.17) is 4.74 Å². The lowest BCUT2D eigenvalue weighted by molar-refractivity contribution is -0.137. The fourth-order valence-electron chi connectivity index (χ4n) is 3.36. The lowest BCUT2D eigenvalue weighted by Gasteiger charge is -2.12. The summed E-state index contributed by atoms with van der Waals surface area (Å²) in [6.07, 6.45) is -3.22. The number of benzene rings is 2. The van der Waals surface area contributed by atoms with Crippen molar-refractivity contribution in [3.63, 3.8) is 0 Å². The molecule has 10 heteroatoms. The molecule has 0 saturated carbocycles. The molecule has 1 aromatic heterocycles. The van der Waals surface area contributed by atoms with Gasteiger partial charge in [0.1, 0.15) is 17.6 Å². The SMILES string of the molecule is COc1ccc(-c2cnn3c2NC(=O)C3CC(=O)Nc2cccc(C(F)(F)F)c2)cc1. The number of nitrogens with zero attached hydrogens (tertiary/aromatic N) is 2. The number of alkyl halides is 3. The first kappa shape index (κ1) is 20.5. The molecule has 1 atom stereocenters.